The lowest BCUT2D eigenvalue weighted by molar-refractivity contribution is -0.312. The van der Waals surface area contributed by atoms with Gasteiger partial charge in [-0.1, -0.05) is 0 Å². The van der Waals surface area contributed by atoms with E-state index in [2.05, 4.69) is 0 Å². The number of β-lactam (4-membered cyclic amide) rings is 1. The van der Waals surface area contributed by atoms with Crippen LogP contribution in [0, 0.1) is 0 Å². The van der Waals surface area contributed by atoms with Crippen molar-refractivity contribution >= 4 is 23.6 Å². The van der Waals surface area contributed by atoms with Crippen molar-refractivity contribution in [3.05, 3.63) is 0 Å². The molecule has 12 heavy (non-hydrogen) atoms. The Morgan fingerprint density at radius 2 is 2.42 bits per heavy atom. The molecule has 0 aromatic heterocycles. The van der Waals surface area contributed by atoms with E-state index in [0.29, 0.717) is 12.8 Å². The van der Waals surface area contributed by atoms with Crippen LogP contribution in [0.15, 0.2) is 0 Å². The smallest absolute Gasteiger partial charge is 0.226 e. The van der Waals surface area contributed by atoms with Crippen LogP contribution in [-0.4, -0.2) is 33.9 Å². The van der Waals surface area contributed by atoms with Gasteiger partial charge in [-0.3, -0.25) is 4.79 Å². The number of carboxylic acid groups (broad SMARTS) is 1. The number of hydrogen-bond donors (Lipinski definition) is 0. The SMILES string of the molecule is O=C([O-])[C@H]1CCS[C@@H]2CC(=O)N12. The Morgan fingerprint density at radius 3 is 2.92 bits per heavy atom. The summed E-state index contributed by atoms with van der Waals surface area (Å²) in [6.07, 6.45) is 1.02. The topological polar surface area (TPSA) is 60.4 Å². The molecule has 5 heteroatoms. The predicted octanol–water partition coefficient (Wildman–Crippen LogP) is -1.20. The summed E-state index contributed by atoms with van der Waals surface area (Å²) in [7, 11) is 0. The van der Waals surface area contributed by atoms with E-state index in [-0.39, 0.29) is 11.3 Å². The minimum absolute atomic E-state index is 0.0543. The second-order valence-corrected chi connectivity index (χ2v) is 4.24. The Balaban J connectivity index is 2.12. The molecule has 2 aliphatic heterocycles. The molecule has 2 saturated heterocycles. The zero-order valence-corrected chi connectivity index (χ0v) is 7.17. The largest absolute Gasteiger partial charge is 0.548 e. The molecule has 0 aliphatic carbocycles. The molecule has 2 aliphatic rings. The van der Waals surface area contributed by atoms with Crippen LogP contribution in [0.2, 0.25) is 0 Å². The zero-order valence-electron chi connectivity index (χ0n) is 6.36. The van der Waals surface area contributed by atoms with Gasteiger partial charge in [-0.25, -0.2) is 0 Å². The van der Waals surface area contributed by atoms with Crippen LogP contribution in [0.4, 0.5) is 0 Å². The molecule has 2 rings (SSSR count). The maximum absolute atomic E-state index is 11.0. The average Bonchev–Trinajstić information content (AvgIpc) is 2.01. The molecule has 0 spiro atoms. The molecule has 2 fully saturated rings. The molecular formula is C7H8NO3S-. The van der Waals surface area contributed by atoms with Crippen molar-refractivity contribution in [3.8, 4) is 0 Å². The molecule has 0 radical (unpaired) electrons. The van der Waals surface area contributed by atoms with Crippen molar-refractivity contribution < 1.29 is 14.7 Å². The molecule has 0 aromatic carbocycles. The lowest BCUT2D eigenvalue weighted by atomic mass is 10.1. The van der Waals surface area contributed by atoms with E-state index in [1.807, 2.05) is 0 Å². The fourth-order valence-electron chi connectivity index (χ4n) is 1.60. The van der Waals surface area contributed by atoms with Crippen molar-refractivity contribution in [1.29, 1.82) is 0 Å². The van der Waals surface area contributed by atoms with Gasteiger partial charge in [-0.15, -0.1) is 11.8 Å². The first kappa shape index (κ1) is 7.91. The number of rotatable bonds is 1. The number of aliphatic carboxylic acids is 1. The third-order valence-electron chi connectivity index (χ3n) is 2.26. The maximum Gasteiger partial charge on any atom is 0.226 e. The van der Waals surface area contributed by atoms with Crippen molar-refractivity contribution in [3.63, 3.8) is 0 Å². The summed E-state index contributed by atoms with van der Waals surface area (Å²) >= 11 is 1.65. The predicted molar refractivity (Wildman–Crippen MR) is 41.1 cm³/mol. The first-order chi connectivity index (χ1) is 5.70. The fraction of sp³-hybridized carbons (Fsp3) is 0.714. The van der Waals surface area contributed by atoms with Gasteiger partial charge in [0.15, 0.2) is 0 Å². The normalized spacial score (nSPS) is 34.0. The van der Waals surface area contributed by atoms with Crippen LogP contribution in [0.5, 0.6) is 0 Å². The van der Waals surface area contributed by atoms with Gasteiger partial charge in [0.1, 0.15) is 0 Å². The number of carbonyl (C=O) groups excluding carboxylic acids is 2. The quantitative estimate of drug-likeness (QED) is 0.483. The molecule has 1 amide bonds. The highest BCUT2D eigenvalue weighted by molar-refractivity contribution is 8.00. The second-order valence-electron chi connectivity index (χ2n) is 2.95. The van der Waals surface area contributed by atoms with Crippen LogP contribution in [0.25, 0.3) is 0 Å². The minimum Gasteiger partial charge on any atom is -0.548 e. The summed E-state index contributed by atoms with van der Waals surface area (Å²) < 4.78 is 0. The Labute approximate surface area is 73.9 Å². The van der Waals surface area contributed by atoms with Gasteiger partial charge in [0.25, 0.3) is 0 Å². The summed E-state index contributed by atoms with van der Waals surface area (Å²) in [5.74, 6) is -0.359. The minimum atomic E-state index is -1.12. The number of fused-ring (bicyclic) bond motifs is 1. The molecule has 0 aromatic rings. The number of amides is 1. The van der Waals surface area contributed by atoms with Crippen LogP contribution in [0.1, 0.15) is 12.8 Å². The van der Waals surface area contributed by atoms with Gasteiger partial charge in [0.2, 0.25) is 5.91 Å². The Bertz CT molecular complexity index is 235. The molecule has 0 bridgehead atoms. The fourth-order valence-corrected chi connectivity index (χ4v) is 2.92. The molecule has 0 N–H and O–H groups in total. The highest BCUT2D eigenvalue weighted by Crippen LogP contribution is 2.37. The molecule has 4 nitrogen and oxygen atoms in total. The number of hydrogen-bond acceptors (Lipinski definition) is 4. The first-order valence-electron chi connectivity index (χ1n) is 3.84. The molecule has 0 unspecified atom stereocenters. The van der Waals surface area contributed by atoms with E-state index >= 15 is 0 Å². The number of nitrogens with zero attached hydrogens (tertiary/aromatic N) is 1. The lowest BCUT2D eigenvalue weighted by Gasteiger charge is -2.48. The standard InChI is InChI=1S/C7H9NO3S/c9-5-3-6-8(5)4(7(10)11)1-2-12-6/h4,6H,1-3H2,(H,10,11)/p-1/t4-,6-/m1/s1. The summed E-state index contributed by atoms with van der Waals surface area (Å²) in [5.41, 5.74) is 0. The number of carbonyl (C=O) groups is 2. The highest BCUT2D eigenvalue weighted by atomic mass is 32.2. The van der Waals surface area contributed by atoms with Gasteiger partial charge >= 0.3 is 0 Å². The van der Waals surface area contributed by atoms with E-state index in [1.165, 1.54) is 4.90 Å². The number of thioether (sulfide) groups is 1. The Morgan fingerprint density at radius 1 is 1.67 bits per heavy atom. The molecule has 2 atom stereocenters. The van der Waals surface area contributed by atoms with E-state index in [1.54, 1.807) is 11.8 Å². The van der Waals surface area contributed by atoms with Crippen molar-refractivity contribution in [2.45, 2.75) is 24.3 Å². The van der Waals surface area contributed by atoms with Gasteiger partial charge in [-0.2, -0.15) is 0 Å². The summed E-state index contributed by atoms with van der Waals surface area (Å²) in [5, 5.41) is 10.7. The third-order valence-corrected chi connectivity index (χ3v) is 3.51. The van der Waals surface area contributed by atoms with Crippen molar-refractivity contribution in [1.82, 2.24) is 4.90 Å². The molecular weight excluding hydrogens is 178 g/mol. The van der Waals surface area contributed by atoms with E-state index < -0.39 is 12.0 Å². The third kappa shape index (κ3) is 0.998. The van der Waals surface area contributed by atoms with Crippen LogP contribution in [-0.2, 0) is 9.59 Å². The summed E-state index contributed by atoms with van der Waals surface area (Å²) in [6, 6.07) is -0.669. The molecule has 2 heterocycles. The van der Waals surface area contributed by atoms with Crippen LogP contribution >= 0.6 is 11.8 Å². The monoisotopic (exact) mass is 186 g/mol. The van der Waals surface area contributed by atoms with E-state index in [4.69, 9.17) is 0 Å². The molecule has 0 saturated carbocycles. The summed E-state index contributed by atoms with van der Waals surface area (Å²) in [4.78, 5) is 23.0. The first-order valence-corrected chi connectivity index (χ1v) is 4.88. The Kier molecular flexibility index (Phi) is 1.75. The van der Waals surface area contributed by atoms with Crippen molar-refractivity contribution in [2.24, 2.45) is 0 Å². The van der Waals surface area contributed by atoms with Crippen molar-refractivity contribution in [2.75, 3.05) is 5.75 Å². The van der Waals surface area contributed by atoms with Crippen LogP contribution < -0.4 is 5.11 Å². The molecule has 66 valence electrons. The van der Waals surface area contributed by atoms with Gasteiger partial charge in [-0.05, 0) is 12.2 Å². The zero-order chi connectivity index (χ0) is 8.72. The summed E-state index contributed by atoms with van der Waals surface area (Å²) in [6.45, 7) is 0. The highest BCUT2D eigenvalue weighted by Gasteiger charge is 2.43. The average molecular weight is 186 g/mol. The number of carboxylic acids is 1. The van der Waals surface area contributed by atoms with Gasteiger partial charge < -0.3 is 14.8 Å². The van der Waals surface area contributed by atoms with Crippen LogP contribution in [0.3, 0.4) is 0 Å². The van der Waals surface area contributed by atoms with Gasteiger partial charge in [0, 0.05) is 0 Å². The van der Waals surface area contributed by atoms with E-state index in [0.717, 1.165) is 5.75 Å². The maximum atomic E-state index is 11.0. The second kappa shape index (κ2) is 2.65. The lowest BCUT2D eigenvalue weighted by Crippen LogP contribution is -2.63. The Hall–Kier alpha value is -0.710. The van der Waals surface area contributed by atoms with Gasteiger partial charge in [0.05, 0.1) is 23.8 Å². The van der Waals surface area contributed by atoms with E-state index in [9.17, 15) is 14.7 Å².